The molecule has 358 valence electrons. The maximum atomic E-state index is 12.8. The predicted molar refractivity (Wildman–Crippen MR) is 278 cm³/mol. The number of ether oxygens (including phenoxy) is 3. The van der Waals surface area contributed by atoms with Crippen LogP contribution in [-0.4, -0.2) is 37.9 Å². The van der Waals surface area contributed by atoms with Gasteiger partial charge in [0.05, 0.1) is 13.2 Å². The first-order valence-electron chi connectivity index (χ1n) is 25.4. The number of carbonyl (C=O) groups excluding carboxylic acids is 2. The monoisotopic (exact) mass is 881 g/mol. The van der Waals surface area contributed by atoms with Crippen LogP contribution in [0.5, 0.6) is 0 Å². The van der Waals surface area contributed by atoms with Crippen molar-refractivity contribution in [3.8, 4) is 0 Å². The highest BCUT2D eigenvalue weighted by molar-refractivity contribution is 5.70. The van der Waals surface area contributed by atoms with E-state index in [-0.39, 0.29) is 31.6 Å². The van der Waals surface area contributed by atoms with Crippen molar-refractivity contribution in [1.82, 2.24) is 0 Å². The normalized spacial score (nSPS) is 13.5. The largest absolute Gasteiger partial charge is 0.462 e. The molecule has 0 fully saturated rings. The van der Waals surface area contributed by atoms with Gasteiger partial charge in [0.25, 0.3) is 0 Å². The van der Waals surface area contributed by atoms with Gasteiger partial charge in [-0.25, -0.2) is 0 Å². The van der Waals surface area contributed by atoms with Crippen molar-refractivity contribution >= 4 is 11.9 Å². The number of hydrogen-bond acceptors (Lipinski definition) is 5. The lowest BCUT2D eigenvalue weighted by Crippen LogP contribution is -2.30. The van der Waals surface area contributed by atoms with Crippen molar-refractivity contribution in [2.75, 3.05) is 19.8 Å². The summed E-state index contributed by atoms with van der Waals surface area (Å²) in [5, 5.41) is 0. The Balaban J connectivity index is 4.54. The van der Waals surface area contributed by atoms with Gasteiger partial charge in [0, 0.05) is 12.8 Å². The molecule has 1 unspecified atom stereocenters. The molecule has 0 N–H and O–H groups in total. The van der Waals surface area contributed by atoms with E-state index in [1.807, 2.05) is 6.08 Å². The lowest BCUT2D eigenvalue weighted by molar-refractivity contribution is -0.162. The third kappa shape index (κ3) is 50.4. The molecule has 64 heavy (non-hydrogen) atoms. The maximum absolute atomic E-state index is 12.8. The SMILES string of the molecule is CC/C=C\C/C=C\C/C=C\C/C=C\C/C=C\C/C=C\CCC(=O)OCC(COCC/C=C\C/C=C\C/C=C\C/C=C\C/C=C\CC)OC(=O)CCCCCCC/C=C\CCCCCC. The summed E-state index contributed by atoms with van der Waals surface area (Å²) in [4.78, 5) is 25.3. The minimum atomic E-state index is -0.621. The third-order valence-electron chi connectivity index (χ3n) is 9.87. The Morgan fingerprint density at radius 1 is 0.359 bits per heavy atom. The molecular weight excluding hydrogens is 789 g/mol. The summed E-state index contributed by atoms with van der Waals surface area (Å²) in [7, 11) is 0. The molecule has 0 amide bonds. The topological polar surface area (TPSA) is 61.8 Å². The number of esters is 2. The molecule has 0 aromatic rings. The second kappa shape index (κ2) is 53.1. The van der Waals surface area contributed by atoms with E-state index in [9.17, 15) is 9.59 Å². The van der Waals surface area contributed by atoms with E-state index >= 15 is 0 Å². The van der Waals surface area contributed by atoms with Gasteiger partial charge in [0.15, 0.2) is 6.10 Å². The van der Waals surface area contributed by atoms with E-state index in [1.165, 1.54) is 44.9 Å². The molecule has 0 aliphatic rings. The summed E-state index contributed by atoms with van der Waals surface area (Å²) in [5.41, 5.74) is 0. The number of unbranched alkanes of at least 4 members (excludes halogenated alkanes) is 9. The van der Waals surface area contributed by atoms with Crippen LogP contribution in [0.25, 0.3) is 0 Å². The Morgan fingerprint density at radius 3 is 1.19 bits per heavy atom. The molecule has 0 saturated heterocycles. The Morgan fingerprint density at radius 2 is 0.734 bits per heavy atom. The molecule has 0 aliphatic carbocycles. The zero-order valence-corrected chi connectivity index (χ0v) is 41.0. The van der Waals surface area contributed by atoms with Crippen LogP contribution in [0.15, 0.2) is 146 Å². The standard InChI is InChI=1S/C59H92O5/c1-4-7-10-13-16-19-22-25-27-29-30-31-32-35-37-40-43-46-49-52-58(60)63-56-57(64-59(61)53-50-47-44-41-38-34-24-21-18-15-12-9-6-3)55-62-54-51-48-45-42-39-36-33-28-26-23-20-17-14-11-8-5-2/h7-8,10-11,16-17,19-21,24-28,30-31,35-37,39,43,45-46,48,57H,4-6,9,12-15,18,22-23,29,32-34,38,40-42,44,47,49-56H2,1-3H3/b10-7-,11-8-,19-16-,20-17-,24-21-,27-25-,28-26-,31-30-,37-35-,39-36-,46-43-,48-45-. The summed E-state index contributed by atoms with van der Waals surface area (Å²) in [6.45, 7) is 7.26. The summed E-state index contributed by atoms with van der Waals surface area (Å²) >= 11 is 0. The molecule has 0 saturated carbocycles. The minimum absolute atomic E-state index is 0.00210. The lowest BCUT2D eigenvalue weighted by atomic mass is 10.1. The first kappa shape index (κ1) is 59.8. The van der Waals surface area contributed by atoms with Gasteiger partial charge in [0.1, 0.15) is 6.61 Å². The van der Waals surface area contributed by atoms with Gasteiger partial charge in [-0.3, -0.25) is 9.59 Å². The third-order valence-corrected chi connectivity index (χ3v) is 9.87. The van der Waals surface area contributed by atoms with E-state index in [2.05, 4.69) is 161 Å². The van der Waals surface area contributed by atoms with Crippen LogP contribution < -0.4 is 0 Å². The number of carbonyl (C=O) groups is 2. The van der Waals surface area contributed by atoms with Crippen LogP contribution in [0.1, 0.15) is 188 Å². The quantitative estimate of drug-likeness (QED) is 0.0347. The van der Waals surface area contributed by atoms with E-state index in [4.69, 9.17) is 14.2 Å². The fourth-order valence-corrected chi connectivity index (χ4v) is 6.18. The first-order valence-corrected chi connectivity index (χ1v) is 25.4. The van der Waals surface area contributed by atoms with Crippen molar-refractivity contribution in [3.05, 3.63) is 146 Å². The smallest absolute Gasteiger partial charge is 0.306 e. The van der Waals surface area contributed by atoms with Gasteiger partial charge in [0.2, 0.25) is 0 Å². The Hall–Kier alpha value is -4.22. The Kier molecular flexibility index (Phi) is 49.6. The summed E-state index contributed by atoms with van der Waals surface area (Å²) in [6.07, 6.45) is 77.4. The number of rotatable bonds is 44. The molecule has 0 aromatic carbocycles. The molecule has 0 aliphatic heterocycles. The molecular formula is C59H92O5. The highest BCUT2D eigenvalue weighted by Gasteiger charge is 2.17. The maximum Gasteiger partial charge on any atom is 0.306 e. The van der Waals surface area contributed by atoms with Gasteiger partial charge in [-0.1, -0.05) is 205 Å². The average Bonchev–Trinajstić information content (AvgIpc) is 3.30. The van der Waals surface area contributed by atoms with E-state index in [0.29, 0.717) is 19.4 Å². The van der Waals surface area contributed by atoms with Crippen molar-refractivity contribution in [3.63, 3.8) is 0 Å². The van der Waals surface area contributed by atoms with Crippen molar-refractivity contribution in [1.29, 1.82) is 0 Å². The van der Waals surface area contributed by atoms with Crippen molar-refractivity contribution in [2.45, 2.75) is 194 Å². The summed E-state index contributed by atoms with van der Waals surface area (Å²) in [5.74, 6) is -0.558. The Bertz CT molecular complexity index is 1410. The summed E-state index contributed by atoms with van der Waals surface area (Å²) in [6, 6.07) is 0. The Labute approximate surface area is 393 Å². The van der Waals surface area contributed by atoms with Crippen LogP contribution >= 0.6 is 0 Å². The molecule has 0 spiro atoms. The fourth-order valence-electron chi connectivity index (χ4n) is 6.18. The van der Waals surface area contributed by atoms with Gasteiger partial charge < -0.3 is 14.2 Å². The highest BCUT2D eigenvalue weighted by atomic mass is 16.6. The van der Waals surface area contributed by atoms with Gasteiger partial charge >= 0.3 is 11.9 Å². The molecule has 5 heteroatoms. The number of hydrogen-bond donors (Lipinski definition) is 0. The number of allylic oxidation sites excluding steroid dienone is 23. The highest BCUT2D eigenvalue weighted by Crippen LogP contribution is 2.11. The van der Waals surface area contributed by atoms with Gasteiger partial charge in [-0.15, -0.1) is 0 Å². The molecule has 0 aromatic heterocycles. The zero-order valence-electron chi connectivity index (χ0n) is 41.0. The van der Waals surface area contributed by atoms with Gasteiger partial charge in [-0.2, -0.15) is 0 Å². The van der Waals surface area contributed by atoms with Crippen LogP contribution in [0.4, 0.5) is 0 Å². The lowest BCUT2D eigenvalue weighted by Gasteiger charge is -2.18. The van der Waals surface area contributed by atoms with Crippen molar-refractivity contribution < 1.29 is 23.8 Å². The van der Waals surface area contributed by atoms with E-state index < -0.39 is 6.10 Å². The second-order valence-electron chi connectivity index (χ2n) is 15.9. The second-order valence-corrected chi connectivity index (χ2v) is 15.9. The van der Waals surface area contributed by atoms with Crippen LogP contribution in [0.2, 0.25) is 0 Å². The van der Waals surface area contributed by atoms with Crippen LogP contribution in [0.3, 0.4) is 0 Å². The molecule has 0 radical (unpaired) electrons. The molecule has 0 rings (SSSR count). The molecule has 5 nitrogen and oxygen atoms in total. The zero-order chi connectivity index (χ0) is 46.3. The van der Waals surface area contributed by atoms with Crippen LogP contribution in [-0.2, 0) is 23.8 Å². The van der Waals surface area contributed by atoms with Crippen molar-refractivity contribution in [2.24, 2.45) is 0 Å². The van der Waals surface area contributed by atoms with Crippen LogP contribution in [0, 0.1) is 0 Å². The average molecular weight is 881 g/mol. The molecule has 0 bridgehead atoms. The fraction of sp³-hybridized carbons (Fsp3) is 0.559. The minimum Gasteiger partial charge on any atom is -0.462 e. The van der Waals surface area contributed by atoms with E-state index in [1.54, 1.807) is 0 Å². The summed E-state index contributed by atoms with van der Waals surface area (Å²) < 4.78 is 17.2. The molecule has 0 heterocycles. The van der Waals surface area contributed by atoms with Gasteiger partial charge in [-0.05, 0) is 116 Å². The van der Waals surface area contributed by atoms with E-state index in [0.717, 1.165) is 103 Å². The predicted octanol–water partition coefficient (Wildman–Crippen LogP) is 17.3. The first-order chi connectivity index (χ1) is 31.6. The molecule has 1 atom stereocenters.